The zero-order valence-corrected chi connectivity index (χ0v) is 15.5. The second-order valence-corrected chi connectivity index (χ2v) is 6.46. The monoisotopic (exact) mass is 385 g/mol. The third-order valence-electron chi connectivity index (χ3n) is 4.43. The second-order valence-electron chi connectivity index (χ2n) is 6.46. The lowest BCUT2D eigenvalue weighted by atomic mass is 10.2. The van der Waals surface area contributed by atoms with Crippen molar-refractivity contribution in [1.82, 2.24) is 9.55 Å². The molecular formula is C22H19N5O2. The van der Waals surface area contributed by atoms with Crippen LogP contribution in [-0.2, 0) is 4.79 Å². The van der Waals surface area contributed by atoms with Gasteiger partial charge in [0.05, 0.1) is 29.3 Å². The highest BCUT2D eigenvalue weighted by Gasteiger charge is 2.15. The molecule has 4 rings (SSSR count). The number of hydrogen-bond acceptors (Lipinski definition) is 5. The van der Waals surface area contributed by atoms with Crippen molar-refractivity contribution < 1.29 is 4.79 Å². The molecule has 4 aromatic rings. The number of primary amides is 1. The number of fused-ring (bicyclic) bond motifs is 1. The number of nitrogens with two attached hydrogens (primary N) is 1. The van der Waals surface area contributed by atoms with E-state index in [1.54, 1.807) is 12.3 Å². The fourth-order valence-electron chi connectivity index (χ4n) is 3.18. The van der Waals surface area contributed by atoms with Crippen molar-refractivity contribution in [3.05, 3.63) is 89.3 Å². The number of anilines is 3. The standard InChI is InChI=1S/C22H19N5O2/c23-20(29)14-25-18-13-24-12-17-19(28)11-21(26-15-7-3-1-4-8-15)27(22(17)18)16-9-5-2-6-10-16/h1-13,25-26H,14H2,(H2,23,29). The molecular weight excluding hydrogens is 366 g/mol. The van der Waals surface area contributed by atoms with Crippen molar-refractivity contribution >= 4 is 34.0 Å². The maximum absolute atomic E-state index is 12.9. The molecule has 0 radical (unpaired) electrons. The number of aromatic nitrogens is 2. The molecule has 0 bridgehead atoms. The van der Waals surface area contributed by atoms with E-state index in [9.17, 15) is 9.59 Å². The van der Waals surface area contributed by atoms with Gasteiger partial charge in [-0.05, 0) is 24.3 Å². The van der Waals surface area contributed by atoms with Gasteiger partial charge in [-0.2, -0.15) is 0 Å². The molecule has 144 valence electrons. The van der Waals surface area contributed by atoms with E-state index in [1.807, 2.05) is 65.2 Å². The molecule has 0 unspecified atom stereocenters. The van der Waals surface area contributed by atoms with Crippen molar-refractivity contribution in [2.24, 2.45) is 5.73 Å². The van der Waals surface area contributed by atoms with E-state index < -0.39 is 5.91 Å². The number of carbonyl (C=O) groups is 1. The maximum atomic E-state index is 12.9. The summed E-state index contributed by atoms with van der Waals surface area (Å²) in [5.74, 6) is 0.0856. The summed E-state index contributed by atoms with van der Waals surface area (Å²) >= 11 is 0. The summed E-state index contributed by atoms with van der Waals surface area (Å²) in [6.45, 7) is -0.0693. The molecule has 4 N–H and O–H groups in total. The second kappa shape index (κ2) is 7.85. The molecule has 0 atom stereocenters. The molecule has 0 aliphatic rings. The number of pyridine rings is 2. The van der Waals surface area contributed by atoms with Gasteiger partial charge in [-0.15, -0.1) is 0 Å². The van der Waals surface area contributed by atoms with Crippen LogP contribution < -0.4 is 21.8 Å². The lowest BCUT2D eigenvalue weighted by Gasteiger charge is -2.20. The van der Waals surface area contributed by atoms with Crippen LogP contribution in [0.1, 0.15) is 0 Å². The molecule has 0 aliphatic carbocycles. The Bertz CT molecular complexity index is 1220. The predicted octanol–water partition coefficient (Wildman–Crippen LogP) is 3.03. The highest BCUT2D eigenvalue weighted by atomic mass is 16.1. The summed E-state index contributed by atoms with van der Waals surface area (Å²) in [6, 6.07) is 20.8. The Morgan fingerprint density at radius 1 is 1.00 bits per heavy atom. The van der Waals surface area contributed by atoms with Gasteiger partial charge in [0.15, 0.2) is 5.43 Å². The Kier molecular flexibility index (Phi) is 4.94. The maximum Gasteiger partial charge on any atom is 0.236 e. The quantitative estimate of drug-likeness (QED) is 0.473. The molecule has 2 aromatic heterocycles. The van der Waals surface area contributed by atoms with Crippen LogP contribution in [0.4, 0.5) is 17.2 Å². The highest BCUT2D eigenvalue weighted by Crippen LogP contribution is 2.29. The van der Waals surface area contributed by atoms with Crippen molar-refractivity contribution in [2.75, 3.05) is 17.2 Å². The van der Waals surface area contributed by atoms with Crippen molar-refractivity contribution in [1.29, 1.82) is 0 Å². The third-order valence-corrected chi connectivity index (χ3v) is 4.43. The van der Waals surface area contributed by atoms with E-state index in [4.69, 9.17) is 5.73 Å². The molecule has 2 aromatic carbocycles. The molecule has 29 heavy (non-hydrogen) atoms. The summed E-state index contributed by atoms with van der Waals surface area (Å²) in [4.78, 5) is 28.3. The minimum atomic E-state index is -0.505. The zero-order chi connectivity index (χ0) is 20.2. The molecule has 2 heterocycles. The summed E-state index contributed by atoms with van der Waals surface area (Å²) in [7, 11) is 0. The minimum Gasteiger partial charge on any atom is -0.373 e. The van der Waals surface area contributed by atoms with Gasteiger partial charge in [0.2, 0.25) is 5.91 Å². The van der Waals surface area contributed by atoms with Crippen LogP contribution in [-0.4, -0.2) is 22.0 Å². The Morgan fingerprint density at radius 3 is 2.38 bits per heavy atom. The SMILES string of the molecule is NC(=O)CNc1cncc2c(=O)cc(Nc3ccccc3)n(-c3ccccc3)c12. The first-order valence-electron chi connectivity index (χ1n) is 9.07. The Morgan fingerprint density at radius 2 is 1.69 bits per heavy atom. The van der Waals surface area contributed by atoms with Crippen LogP contribution in [0.3, 0.4) is 0 Å². The summed E-state index contributed by atoms with van der Waals surface area (Å²) in [5, 5.41) is 6.74. The minimum absolute atomic E-state index is 0.0693. The number of benzene rings is 2. The first kappa shape index (κ1) is 18.2. The fourth-order valence-corrected chi connectivity index (χ4v) is 3.18. The van der Waals surface area contributed by atoms with Gasteiger partial charge < -0.3 is 16.4 Å². The molecule has 0 aliphatic heterocycles. The van der Waals surface area contributed by atoms with E-state index in [0.29, 0.717) is 22.4 Å². The van der Waals surface area contributed by atoms with E-state index in [-0.39, 0.29) is 12.0 Å². The van der Waals surface area contributed by atoms with Crippen molar-refractivity contribution in [3.63, 3.8) is 0 Å². The van der Waals surface area contributed by atoms with Crippen LogP contribution in [0.2, 0.25) is 0 Å². The zero-order valence-electron chi connectivity index (χ0n) is 15.5. The first-order chi connectivity index (χ1) is 14.1. The van der Waals surface area contributed by atoms with E-state index in [2.05, 4.69) is 15.6 Å². The topological polar surface area (TPSA) is 102 Å². The molecule has 0 spiro atoms. The number of para-hydroxylation sites is 2. The number of nitrogens with one attached hydrogen (secondary N) is 2. The summed E-state index contributed by atoms with van der Waals surface area (Å²) in [6.07, 6.45) is 3.11. The smallest absolute Gasteiger partial charge is 0.236 e. The Hall–Kier alpha value is -4.13. The van der Waals surface area contributed by atoms with Gasteiger partial charge in [-0.1, -0.05) is 36.4 Å². The Balaban J connectivity index is 2.00. The average molecular weight is 385 g/mol. The molecule has 0 saturated heterocycles. The number of carbonyl (C=O) groups excluding carboxylic acids is 1. The van der Waals surface area contributed by atoms with Crippen molar-refractivity contribution in [3.8, 4) is 5.69 Å². The molecule has 0 saturated carbocycles. The molecule has 0 fully saturated rings. The van der Waals surface area contributed by atoms with Crippen LogP contribution in [0.15, 0.2) is 83.9 Å². The number of hydrogen-bond donors (Lipinski definition) is 3. The lowest BCUT2D eigenvalue weighted by molar-refractivity contribution is -0.116. The van der Waals surface area contributed by atoms with Gasteiger partial charge in [-0.3, -0.25) is 19.1 Å². The normalized spacial score (nSPS) is 10.6. The van der Waals surface area contributed by atoms with Gasteiger partial charge in [0.25, 0.3) is 0 Å². The summed E-state index contributed by atoms with van der Waals surface area (Å²) in [5.41, 5.74) is 7.96. The largest absolute Gasteiger partial charge is 0.373 e. The van der Waals surface area contributed by atoms with Crippen molar-refractivity contribution in [2.45, 2.75) is 0 Å². The van der Waals surface area contributed by atoms with Gasteiger partial charge in [-0.25, -0.2) is 0 Å². The molecule has 7 nitrogen and oxygen atoms in total. The number of rotatable bonds is 6. The van der Waals surface area contributed by atoms with E-state index >= 15 is 0 Å². The molecule has 7 heteroatoms. The van der Waals surface area contributed by atoms with Crippen LogP contribution in [0, 0.1) is 0 Å². The Labute approximate surface area is 166 Å². The predicted molar refractivity (Wildman–Crippen MR) is 115 cm³/mol. The van der Waals surface area contributed by atoms with Gasteiger partial charge in [0, 0.05) is 23.6 Å². The molecule has 1 amide bonds. The number of nitrogens with zero attached hydrogens (tertiary/aromatic N) is 2. The third kappa shape index (κ3) is 3.79. The number of amides is 1. The fraction of sp³-hybridized carbons (Fsp3) is 0.0455. The van der Waals surface area contributed by atoms with E-state index in [0.717, 1.165) is 11.4 Å². The van der Waals surface area contributed by atoms with Gasteiger partial charge >= 0.3 is 0 Å². The van der Waals surface area contributed by atoms with Crippen LogP contribution in [0.5, 0.6) is 0 Å². The summed E-state index contributed by atoms with van der Waals surface area (Å²) < 4.78 is 1.93. The van der Waals surface area contributed by atoms with Crippen LogP contribution >= 0.6 is 0 Å². The first-order valence-corrected chi connectivity index (χ1v) is 9.07. The van der Waals surface area contributed by atoms with Crippen LogP contribution in [0.25, 0.3) is 16.6 Å². The van der Waals surface area contributed by atoms with E-state index in [1.165, 1.54) is 6.20 Å². The van der Waals surface area contributed by atoms with Gasteiger partial charge in [0.1, 0.15) is 5.82 Å². The lowest BCUT2D eigenvalue weighted by Crippen LogP contribution is -2.23. The average Bonchev–Trinajstić information content (AvgIpc) is 2.74. The highest BCUT2D eigenvalue weighted by molar-refractivity contribution is 5.94.